The smallest absolute Gasteiger partial charge is 0.409 e. The highest BCUT2D eigenvalue weighted by Gasteiger charge is 2.49. The number of hydrogen-bond donors (Lipinski definition) is 1. The van der Waals surface area contributed by atoms with E-state index in [9.17, 15) is 27.6 Å². The van der Waals surface area contributed by atoms with E-state index < -0.39 is 43.0 Å². The summed E-state index contributed by atoms with van der Waals surface area (Å²) < 4.78 is 46.0. The number of anilines is 2. The summed E-state index contributed by atoms with van der Waals surface area (Å²) in [7, 11) is 0. The summed E-state index contributed by atoms with van der Waals surface area (Å²) >= 11 is 0. The Bertz CT molecular complexity index is 987. The van der Waals surface area contributed by atoms with Crippen LogP contribution < -0.4 is 10.2 Å². The van der Waals surface area contributed by atoms with Gasteiger partial charge in [0.25, 0.3) is 5.91 Å². The molecule has 1 unspecified atom stereocenters. The predicted molar refractivity (Wildman–Crippen MR) is 108 cm³/mol. The fourth-order valence-electron chi connectivity index (χ4n) is 3.28. The zero-order chi connectivity index (χ0) is 22.8. The van der Waals surface area contributed by atoms with Gasteiger partial charge in [-0.15, -0.1) is 0 Å². The third-order valence-corrected chi connectivity index (χ3v) is 4.91. The lowest BCUT2D eigenvalue weighted by Crippen LogP contribution is -2.51. The molecule has 1 aliphatic heterocycles. The highest BCUT2D eigenvalue weighted by atomic mass is 19.4. The molecule has 1 N–H and O–H groups in total. The molecule has 9 heteroatoms. The van der Waals surface area contributed by atoms with Crippen LogP contribution in [0.2, 0.25) is 0 Å². The first kappa shape index (κ1) is 22.3. The van der Waals surface area contributed by atoms with E-state index in [1.807, 2.05) is 13.8 Å². The molecular formula is C22H21F3N2O4. The minimum absolute atomic E-state index is 0.0724. The molecule has 0 saturated carbocycles. The Balaban J connectivity index is 1.82. The number of carbonyl (C=O) groups is 3. The Morgan fingerprint density at radius 3 is 2.39 bits per heavy atom. The molecule has 1 heterocycles. The van der Waals surface area contributed by atoms with Crippen molar-refractivity contribution in [2.75, 3.05) is 16.8 Å². The number of halogens is 3. The Hall–Kier alpha value is -3.36. The number of esters is 1. The number of fused-ring (bicyclic) bond motifs is 1. The van der Waals surface area contributed by atoms with Gasteiger partial charge in [0, 0.05) is 0 Å². The van der Waals surface area contributed by atoms with Crippen molar-refractivity contribution in [1.29, 1.82) is 0 Å². The van der Waals surface area contributed by atoms with Crippen LogP contribution in [0.4, 0.5) is 24.5 Å². The van der Waals surface area contributed by atoms with Crippen molar-refractivity contribution < 1.29 is 32.3 Å². The van der Waals surface area contributed by atoms with Crippen LogP contribution in [-0.2, 0) is 14.3 Å². The number of carbonyl (C=O) groups excluding carboxylic acids is 3. The van der Waals surface area contributed by atoms with Crippen molar-refractivity contribution in [3.05, 3.63) is 59.7 Å². The van der Waals surface area contributed by atoms with Gasteiger partial charge in [0.1, 0.15) is 6.04 Å². The number of ether oxygens (including phenoxy) is 1. The molecule has 31 heavy (non-hydrogen) atoms. The van der Waals surface area contributed by atoms with Gasteiger partial charge in [0.15, 0.2) is 6.61 Å². The van der Waals surface area contributed by atoms with Crippen molar-refractivity contribution >= 4 is 29.2 Å². The van der Waals surface area contributed by atoms with Crippen LogP contribution in [0.25, 0.3) is 0 Å². The van der Waals surface area contributed by atoms with Gasteiger partial charge in [-0.05, 0) is 35.7 Å². The molecule has 0 saturated heterocycles. The topological polar surface area (TPSA) is 75.7 Å². The fraction of sp³-hybridized carbons (Fsp3) is 0.318. The van der Waals surface area contributed by atoms with E-state index in [0.29, 0.717) is 4.90 Å². The largest absolute Gasteiger partial charge is 0.452 e. The minimum atomic E-state index is -4.86. The van der Waals surface area contributed by atoms with Crippen LogP contribution in [0, 0.1) is 0 Å². The molecule has 0 fully saturated rings. The number of hydrogen-bond acceptors (Lipinski definition) is 4. The number of alkyl halides is 3. The van der Waals surface area contributed by atoms with Crippen molar-refractivity contribution in [2.45, 2.75) is 38.4 Å². The van der Waals surface area contributed by atoms with Crippen LogP contribution in [0.1, 0.15) is 42.1 Å². The third kappa shape index (κ3) is 5.04. The van der Waals surface area contributed by atoms with Crippen molar-refractivity contribution in [3.63, 3.8) is 0 Å². The van der Waals surface area contributed by atoms with Crippen LogP contribution >= 0.6 is 0 Å². The van der Waals surface area contributed by atoms with Crippen LogP contribution in [0.15, 0.2) is 48.5 Å². The van der Waals surface area contributed by atoms with E-state index >= 15 is 0 Å². The molecule has 1 aliphatic rings. The molecule has 2 aromatic carbocycles. The zero-order valence-electron chi connectivity index (χ0n) is 16.9. The van der Waals surface area contributed by atoms with Crippen LogP contribution in [-0.4, -0.2) is 36.6 Å². The highest BCUT2D eigenvalue weighted by Crippen LogP contribution is 2.37. The summed E-state index contributed by atoms with van der Waals surface area (Å²) in [5.41, 5.74) is 1.14. The molecule has 0 bridgehead atoms. The Morgan fingerprint density at radius 2 is 1.77 bits per heavy atom. The second-order valence-electron chi connectivity index (χ2n) is 7.44. The van der Waals surface area contributed by atoms with Gasteiger partial charge in [-0.1, -0.05) is 38.1 Å². The van der Waals surface area contributed by atoms with E-state index in [-0.39, 0.29) is 22.9 Å². The highest BCUT2D eigenvalue weighted by molar-refractivity contribution is 6.05. The molecule has 3 rings (SSSR count). The number of nitrogens with one attached hydrogen (secondary N) is 1. The summed E-state index contributed by atoms with van der Waals surface area (Å²) in [6, 6.07) is 9.83. The average molecular weight is 434 g/mol. The van der Waals surface area contributed by atoms with E-state index in [1.54, 1.807) is 12.1 Å². The molecule has 0 spiro atoms. The lowest BCUT2D eigenvalue weighted by atomic mass is 10.0. The van der Waals surface area contributed by atoms with E-state index in [2.05, 4.69) is 5.32 Å². The molecule has 164 valence electrons. The van der Waals surface area contributed by atoms with Gasteiger partial charge >= 0.3 is 12.1 Å². The summed E-state index contributed by atoms with van der Waals surface area (Å²) in [6.45, 7) is 3.07. The Morgan fingerprint density at radius 1 is 1.13 bits per heavy atom. The van der Waals surface area contributed by atoms with Crippen LogP contribution in [0.5, 0.6) is 0 Å². The molecule has 2 amide bonds. The molecule has 0 radical (unpaired) electrons. The number of benzene rings is 2. The monoisotopic (exact) mass is 434 g/mol. The first-order valence-corrected chi connectivity index (χ1v) is 9.62. The van der Waals surface area contributed by atoms with Gasteiger partial charge in [0.05, 0.1) is 23.4 Å². The zero-order valence-corrected chi connectivity index (χ0v) is 16.9. The van der Waals surface area contributed by atoms with Crippen molar-refractivity contribution in [1.82, 2.24) is 0 Å². The second-order valence-corrected chi connectivity index (χ2v) is 7.44. The van der Waals surface area contributed by atoms with Gasteiger partial charge in [-0.3, -0.25) is 14.5 Å². The van der Waals surface area contributed by atoms with E-state index in [0.717, 1.165) is 5.56 Å². The number of para-hydroxylation sites is 2. The van der Waals surface area contributed by atoms with E-state index in [4.69, 9.17) is 4.74 Å². The lowest BCUT2D eigenvalue weighted by Gasteiger charge is -2.31. The Kier molecular flexibility index (Phi) is 6.33. The van der Waals surface area contributed by atoms with Gasteiger partial charge in [-0.25, -0.2) is 4.79 Å². The normalized spacial score (nSPS) is 16.4. The maximum atomic E-state index is 13.7. The predicted octanol–water partition coefficient (Wildman–Crippen LogP) is 4.27. The van der Waals surface area contributed by atoms with Crippen LogP contribution in [0.3, 0.4) is 0 Å². The molecule has 1 atom stereocenters. The molecule has 6 nitrogen and oxygen atoms in total. The molecule has 2 aromatic rings. The first-order chi connectivity index (χ1) is 14.6. The molecule has 0 aromatic heterocycles. The number of amides is 2. The van der Waals surface area contributed by atoms with Gasteiger partial charge in [0.2, 0.25) is 5.91 Å². The Labute approximate surface area is 177 Å². The third-order valence-electron chi connectivity index (χ3n) is 4.91. The maximum Gasteiger partial charge on any atom is 0.409 e. The van der Waals surface area contributed by atoms with Crippen molar-refractivity contribution in [3.8, 4) is 0 Å². The quantitative estimate of drug-likeness (QED) is 0.730. The van der Waals surface area contributed by atoms with Gasteiger partial charge < -0.3 is 10.1 Å². The average Bonchev–Trinajstić information content (AvgIpc) is 2.87. The minimum Gasteiger partial charge on any atom is -0.452 e. The standard InChI is InChI=1S/C22H21F3N2O4/c1-13(2)14-7-9-15(10-8-14)21(30)31-12-20(29)27-17-6-4-3-5-16(17)26-19(28)11-18(27)22(23,24)25/h3-10,13,18H,11-12H2,1-2H3,(H,26,28). The maximum absolute atomic E-state index is 13.7. The van der Waals surface area contributed by atoms with Crippen molar-refractivity contribution in [2.24, 2.45) is 0 Å². The lowest BCUT2D eigenvalue weighted by molar-refractivity contribution is -0.158. The van der Waals surface area contributed by atoms with Gasteiger partial charge in [-0.2, -0.15) is 13.2 Å². The van der Waals surface area contributed by atoms with E-state index in [1.165, 1.54) is 36.4 Å². The summed E-state index contributed by atoms with van der Waals surface area (Å²) in [5.74, 6) is -2.53. The number of nitrogens with zero attached hydrogens (tertiary/aromatic N) is 1. The molecule has 0 aliphatic carbocycles. The molecular weight excluding hydrogens is 413 g/mol. The fourth-order valence-corrected chi connectivity index (χ4v) is 3.28. The SMILES string of the molecule is CC(C)c1ccc(C(=O)OCC(=O)N2c3ccccc3NC(=O)CC2C(F)(F)F)cc1. The summed E-state index contributed by atoms with van der Waals surface area (Å²) in [4.78, 5) is 37.5. The number of rotatable bonds is 4. The summed E-state index contributed by atoms with van der Waals surface area (Å²) in [5, 5.41) is 2.37. The summed E-state index contributed by atoms with van der Waals surface area (Å²) in [6.07, 6.45) is -5.82. The second kappa shape index (κ2) is 8.79. The first-order valence-electron chi connectivity index (χ1n) is 9.62.